The van der Waals surface area contributed by atoms with E-state index < -0.39 is 0 Å². The molecule has 0 N–H and O–H groups in total. The highest BCUT2D eigenvalue weighted by molar-refractivity contribution is 8.21. The summed E-state index contributed by atoms with van der Waals surface area (Å²) in [6, 6.07) is 0. The summed E-state index contributed by atoms with van der Waals surface area (Å²) < 4.78 is 0.277. The number of thioether (sulfide) groups is 2. The number of rotatable bonds is 1. The van der Waals surface area contributed by atoms with Gasteiger partial charge in [-0.2, -0.15) is 0 Å². The fourth-order valence-corrected chi connectivity index (χ4v) is 7.40. The van der Waals surface area contributed by atoms with E-state index in [4.69, 9.17) is 0 Å². The number of fused-ring (bicyclic) bond motifs is 1. The van der Waals surface area contributed by atoms with E-state index in [9.17, 15) is 4.79 Å². The van der Waals surface area contributed by atoms with Crippen molar-refractivity contribution in [2.24, 2.45) is 11.3 Å². The summed E-state index contributed by atoms with van der Waals surface area (Å²) in [6.45, 7) is 4.44. The fraction of sp³-hybridized carbons (Fsp3) is 0.786. The van der Waals surface area contributed by atoms with Crippen molar-refractivity contribution in [2.75, 3.05) is 11.5 Å². The van der Waals surface area contributed by atoms with E-state index in [1.54, 1.807) is 5.57 Å². The first kappa shape index (κ1) is 12.2. The van der Waals surface area contributed by atoms with E-state index in [-0.39, 0.29) is 9.49 Å². The Bertz CT molecular complexity index is 382. The standard InChI is InChI=1S/C14H20OS2/c1-10-3-4-11-5-6-14(16-7-8-17-14)12(11)13(10,2)9-15/h9-10H,3-8H2,1-2H3/t10-,13-/m1/s1. The second kappa shape index (κ2) is 4.06. The predicted molar refractivity (Wildman–Crippen MR) is 76.5 cm³/mol. The Morgan fingerprint density at radius 3 is 2.65 bits per heavy atom. The molecule has 1 saturated heterocycles. The van der Waals surface area contributed by atoms with Crippen LogP contribution in [-0.2, 0) is 4.79 Å². The van der Waals surface area contributed by atoms with Crippen LogP contribution in [0.2, 0.25) is 0 Å². The highest BCUT2D eigenvalue weighted by Crippen LogP contribution is 2.64. The highest BCUT2D eigenvalue weighted by Gasteiger charge is 2.54. The van der Waals surface area contributed by atoms with E-state index in [2.05, 4.69) is 37.4 Å². The van der Waals surface area contributed by atoms with Gasteiger partial charge in [-0.3, -0.25) is 0 Å². The average molecular weight is 268 g/mol. The van der Waals surface area contributed by atoms with Crippen LogP contribution in [0.15, 0.2) is 11.1 Å². The zero-order valence-corrected chi connectivity index (χ0v) is 12.3. The topological polar surface area (TPSA) is 17.1 Å². The minimum absolute atomic E-state index is 0.186. The molecule has 0 unspecified atom stereocenters. The third-order valence-corrected chi connectivity index (χ3v) is 8.46. The lowest BCUT2D eigenvalue weighted by molar-refractivity contribution is -0.116. The molecule has 0 saturated carbocycles. The first-order chi connectivity index (χ1) is 8.12. The molecule has 1 aliphatic heterocycles. The maximum Gasteiger partial charge on any atom is 0.130 e. The third-order valence-electron chi connectivity index (χ3n) is 4.93. The molecule has 0 bridgehead atoms. The molecule has 3 aliphatic rings. The Balaban J connectivity index is 2.10. The Morgan fingerprint density at radius 1 is 1.29 bits per heavy atom. The lowest BCUT2D eigenvalue weighted by Crippen LogP contribution is -2.39. The van der Waals surface area contributed by atoms with Crippen molar-refractivity contribution < 1.29 is 4.79 Å². The maximum absolute atomic E-state index is 11.7. The van der Waals surface area contributed by atoms with Gasteiger partial charge in [0.05, 0.1) is 4.08 Å². The van der Waals surface area contributed by atoms with Gasteiger partial charge < -0.3 is 4.79 Å². The van der Waals surface area contributed by atoms with Crippen LogP contribution in [0.25, 0.3) is 0 Å². The molecule has 0 aromatic heterocycles. The lowest BCUT2D eigenvalue weighted by atomic mass is 9.66. The largest absolute Gasteiger partial charge is 0.302 e. The molecule has 1 spiro atoms. The summed E-state index contributed by atoms with van der Waals surface area (Å²) in [5.74, 6) is 3.02. The monoisotopic (exact) mass is 268 g/mol. The number of carbonyl (C=O) groups is 1. The van der Waals surface area contributed by atoms with Gasteiger partial charge >= 0.3 is 0 Å². The third kappa shape index (κ3) is 1.58. The van der Waals surface area contributed by atoms with Crippen LogP contribution < -0.4 is 0 Å². The van der Waals surface area contributed by atoms with Crippen LogP contribution >= 0.6 is 23.5 Å². The van der Waals surface area contributed by atoms with Gasteiger partial charge in [-0.15, -0.1) is 23.5 Å². The normalized spacial score (nSPS) is 39.8. The summed E-state index contributed by atoms with van der Waals surface area (Å²) in [7, 11) is 0. The second-order valence-corrected chi connectivity index (χ2v) is 8.81. The van der Waals surface area contributed by atoms with E-state index >= 15 is 0 Å². The Kier molecular flexibility index (Phi) is 2.90. The van der Waals surface area contributed by atoms with Crippen LogP contribution in [-0.4, -0.2) is 21.9 Å². The predicted octanol–water partition coefficient (Wildman–Crippen LogP) is 3.89. The van der Waals surface area contributed by atoms with Gasteiger partial charge in [0, 0.05) is 16.9 Å². The van der Waals surface area contributed by atoms with Gasteiger partial charge in [0.1, 0.15) is 6.29 Å². The Labute approximate surface area is 112 Å². The minimum atomic E-state index is -0.186. The van der Waals surface area contributed by atoms with E-state index in [0.29, 0.717) is 5.92 Å². The number of hydrogen-bond acceptors (Lipinski definition) is 3. The molecule has 0 radical (unpaired) electrons. The van der Waals surface area contributed by atoms with Crippen molar-refractivity contribution in [3.8, 4) is 0 Å². The zero-order chi connectivity index (χ0) is 12.1. The minimum Gasteiger partial charge on any atom is -0.302 e. The molecule has 0 aromatic carbocycles. The summed E-state index contributed by atoms with van der Waals surface area (Å²) in [4.78, 5) is 11.7. The van der Waals surface area contributed by atoms with Gasteiger partial charge in [0.25, 0.3) is 0 Å². The van der Waals surface area contributed by atoms with Crippen LogP contribution in [0.3, 0.4) is 0 Å². The quantitative estimate of drug-likeness (QED) is 0.530. The van der Waals surface area contributed by atoms with Gasteiger partial charge in [-0.1, -0.05) is 12.5 Å². The molecule has 3 rings (SSSR count). The summed E-state index contributed by atoms with van der Waals surface area (Å²) in [5, 5.41) is 0. The van der Waals surface area contributed by atoms with Gasteiger partial charge in [-0.25, -0.2) is 0 Å². The summed E-state index contributed by atoms with van der Waals surface area (Å²) in [6.07, 6.45) is 6.19. The smallest absolute Gasteiger partial charge is 0.130 e. The molecule has 1 fully saturated rings. The SMILES string of the molecule is C[C@@H]1CCC2=C(C3(CC2)SCCS3)[C@]1(C)C=O. The summed E-state index contributed by atoms with van der Waals surface area (Å²) >= 11 is 4.21. The molecule has 0 aromatic rings. The molecule has 3 heteroatoms. The Hall–Kier alpha value is 0.110. The van der Waals surface area contributed by atoms with Gasteiger partial charge in [0.2, 0.25) is 0 Å². The number of hydrogen-bond donors (Lipinski definition) is 0. The number of aldehydes is 1. The van der Waals surface area contributed by atoms with Crippen molar-refractivity contribution in [1.82, 2.24) is 0 Å². The van der Waals surface area contributed by atoms with E-state index in [1.807, 2.05) is 0 Å². The van der Waals surface area contributed by atoms with Crippen molar-refractivity contribution in [1.29, 1.82) is 0 Å². The molecule has 2 atom stereocenters. The molecule has 0 amide bonds. The second-order valence-electron chi connectivity index (χ2n) is 5.77. The Morgan fingerprint density at radius 2 is 2.00 bits per heavy atom. The van der Waals surface area contributed by atoms with Crippen molar-refractivity contribution in [2.45, 2.75) is 43.6 Å². The van der Waals surface area contributed by atoms with E-state index in [0.717, 1.165) is 0 Å². The maximum atomic E-state index is 11.7. The number of carbonyl (C=O) groups excluding carboxylic acids is 1. The van der Waals surface area contributed by atoms with Crippen LogP contribution in [0.4, 0.5) is 0 Å². The van der Waals surface area contributed by atoms with Crippen LogP contribution in [0.1, 0.15) is 39.5 Å². The fourth-order valence-electron chi connectivity index (χ4n) is 3.73. The lowest BCUT2D eigenvalue weighted by Gasteiger charge is -2.43. The van der Waals surface area contributed by atoms with Crippen molar-refractivity contribution in [3.05, 3.63) is 11.1 Å². The molecule has 1 heterocycles. The zero-order valence-electron chi connectivity index (χ0n) is 10.6. The molecular weight excluding hydrogens is 248 g/mol. The molecule has 2 aliphatic carbocycles. The van der Waals surface area contributed by atoms with E-state index in [1.165, 1.54) is 49.0 Å². The van der Waals surface area contributed by atoms with Gasteiger partial charge in [0.15, 0.2) is 0 Å². The molecule has 94 valence electrons. The summed E-state index contributed by atoms with van der Waals surface area (Å²) in [5.41, 5.74) is 2.97. The molecule has 1 nitrogen and oxygen atoms in total. The van der Waals surface area contributed by atoms with Gasteiger partial charge in [-0.05, 0) is 44.1 Å². The molecular formula is C14H20OS2. The van der Waals surface area contributed by atoms with Crippen molar-refractivity contribution >= 4 is 29.8 Å². The van der Waals surface area contributed by atoms with Crippen molar-refractivity contribution in [3.63, 3.8) is 0 Å². The highest BCUT2D eigenvalue weighted by atomic mass is 32.2. The first-order valence-electron chi connectivity index (χ1n) is 6.59. The van der Waals surface area contributed by atoms with Crippen LogP contribution in [0.5, 0.6) is 0 Å². The average Bonchev–Trinajstić information content (AvgIpc) is 2.94. The van der Waals surface area contributed by atoms with Crippen LogP contribution in [0, 0.1) is 11.3 Å². The first-order valence-corrected chi connectivity index (χ1v) is 8.57. The number of allylic oxidation sites excluding steroid dienone is 1. The molecule has 17 heavy (non-hydrogen) atoms.